The number of halogens is 2. The Bertz CT molecular complexity index is 1550. The monoisotopic (exact) mass is 506 g/mol. The molecule has 35 heavy (non-hydrogen) atoms. The van der Waals surface area contributed by atoms with Gasteiger partial charge in [-0.05, 0) is 58.9 Å². The van der Waals surface area contributed by atoms with Gasteiger partial charge in [0.15, 0.2) is 0 Å². The van der Waals surface area contributed by atoms with Crippen LogP contribution < -0.4 is 11.2 Å². The number of nitrogens with zero attached hydrogens (tertiary/aromatic N) is 3. The number of aromatic nitrogens is 3. The van der Waals surface area contributed by atoms with Crippen molar-refractivity contribution >= 4 is 20.8 Å². The van der Waals surface area contributed by atoms with Crippen LogP contribution in [0.1, 0.15) is 27.9 Å². The second-order valence-electron chi connectivity index (χ2n) is 8.15. The number of benzene rings is 3. The molecule has 9 heteroatoms. The summed E-state index contributed by atoms with van der Waals surface area (Å²) in [7, 11) is 2.18. The van der Waals surface area contributed by atoms with Gasteiger partial charge in [-0.15, -0.1) is 14.3 Å². The molecule has 4 rings (SSSR count). The second kappa shape index (κ2) is 10.4. The first-order chi connectivity index (χ1) is 16.7. The molecule has 0 spiro atoms. The molecule has 0 saturated carbocycles. The highest BCUT2D eigenvalue weighted by Crippen LogP contribution is 2.28. The van der Waals surface area contributed by atoms with Crippen molar-refractivity contribution in [3.63, 3.8) is 0 Å². The maximum Gasteiger partial charge on any atom is 0.349 e. The van der Waals surface area contributed by atoms with Gasteiger partial charge >= 0.3 is 5.69 Å². The van der Waals surface area contributed by atoms with E-state index in [0.717, 1.165) is 38.1 Å². The van der Waals surface area contributed by atoms with E-state index in [-0.39, 0.29) is 0 Å². The molecule has 1 N–H and O–H groups in total. The van der Waals surface area contributed by atoms with Crippen molar-refractivity contribution in [3.8, 4) is 22.9 Å². The summed E-state index contributed by atoms with van der Waals surface area (Å²) in [5, 5.41) is 13.3. The van der Waals surface area contributed by atoms with E-state index in [4.69, 9.17) is 16.9 Å². The van der Waals surface area contributed by atoms with Crippen LogP contribution in [-0.2, 0) is 12.8 Å². The first-order valence-electron chi connectivity index (χ1n) is 10.8. The van der Waals surface area contributed by atoms with Gasteiger partial charge in [-0.3, -0.25) is 9.78 Å². The first-order valence-corrected chi connectivity index (χ1v) is 11.8. The van der Waals surface area contributed by atoms with E-state index in [9.17, 15) is 14.0 Å². The van der Waals surface area contributed by atoms with Crippen LogP contribution in [-0.4, -0.2) is 20.7 Å². The van der Waals surface area contributed by atoms with Crippen molar-refractivity contribution in [2.75, 3.05) is 0 Å². The Morgan fingerprint density at radius 3 is 2.40 bits per heavy atom. The lowest BCUT2D eigenvalue weighted by Gasteiger charge is -2.13. The Kier molecular flexibility index (Phi) is 7.25. The van der Waals surface area contributed by atoms with Crippen molar-refractivity contribution in [1.82, 2.24) is 14.8 Å². The summed E-state index contributed by atoms with van der Waals surface area (Å²) in [6, 6.07) is 20.9. The molecule has 1 heterocycles. The van der Waals surface area contributed by atoms with Gasteiger partial charge in [0, 0.05) is 11.4 Å². The lowest BCUT2D eigenvalue weighted by molar-refractivity contribution is 0.450. The van der Waals surface area contributed by atoms with Crippen molar-refractivity contribution in [2.24, 2.45) is 0 Å². The fraction of sp³-hybridized carbons (Fsp3) is 0.154. The fourth-order valence-corrected chi connectivity index (χ4v) is 4.52. The summed E-state index contributed by atoms with van der Waals surface area (Å²) in [6.45, 7) is 1.87. The zero-order valence-corrected chi connectivity index (χ0v) is 20.7. The quantitative estimate of drug-likeness (QED) is 0.383. The van der Waals surface area contributed by atoms with Gasteiger partial charge in [0.25, 0.3) is 5.56 Å². The molecule has 0 radical (unpaired) electrons. The Hall–Kier alpha value is -3.59. The summed E-state index contributed by atoms with van der Waals surface area (Å²) < 4.78 is 14.4. The predicted octanol–water partition coefficient (Wildman–Crippen LogP) is 4.73. The number of alkyl halides is 1. The molecule has 6 nitrogen and oxygen atoms in total. The third-order valence-corrected chi connectivity index (χ3v) is 6.15. The van der Waals surface area contributed by atoms with Crippen molar-refractivity contribution < 1.29 is 4.39 Å². The molecule has 2 atom stereocenters. The molecule has 0 bridgehead atoms. The summed E-state index contributed by atoms with van der Waals surface area (Å²) in [5.74, 6) is -0.988. The number of aryl methyl sites for hydroxylation is 1. The van der Waals surface area contributed by atoms with Crippen LogP contribution >= 0.6 is 20.8 Å². The molecular weight excluding hydrogens is 486 g/mol. The third-order valence-electron chi connectivity index (χ3n) is 5.58. The van der Waals surface area contributed by atoms with Gasteiger partial charge in [0.05, 0.1) is 5.69 Å². The predicted molar refractivity (Wildman–Crippen MR) is 138 cm³/mol. The smallest absolute Gasteiger partial charge is 0.270 e. The Balaban J connectivity index is 1.66. The summed E-state index contributed by atoms with van der Waals surface area (Å²) in [6.07, 6.45) is 0.885. The SMILES string of the molecule is Cc1cc(-n2nc(C#N)c(=O)[nH]c2=O)cc(Cl)c1Cc1cccc(-c2cccc(CC(F)P)c2)c1. The highest BCUT2D eigenvalue weighted by atomic mass is 35.5. The number of nitriles is 1. The van der Waals surface area contributed by atoms with Crippen LogP contribution in [0.4, 0.5) is 4.39 Å². The van der Waals surface area contributed by atoms with Crippen molar-refractivity contribution in [2.45, 2.75) is 25.7 Å². The molecule has 0 aliphatic heterocycles. The number of H-pyrrole nitrogens is 1. The topological polar surface area (TPSA) is 91.5 Å². The molecule has 0 fully saturated rings. The van der Waals surface area contributed by atoms with Crippen LogP contribution in [0.5, 0.6) is 0 Å². The normalized spacial score (nSPS) is 11.7. The summed E-state index contributed by atoms with van der Waals surface area (Å²) >= 11 is 6.60. The van der Waals surface area contributed by atoms with Gasteiger partial charge in [-0.1, -0.05) is 60.1 Å². The van der Waals surface area contributed by atoms with Crippen LogP contribution in [0.3, 0.4) is 0 Å². The van der Waals surface area contributed by atoms with Gasteiger partial charge < -0.3 is 0 Å². The molecule has 0 saturated heterocycles. The maximum atomic E-state index is 13.4. The zero-order valence-electron chi connectivity index (χ0n) is 18.8. The molecule has 0 aliphatic rings. The lowest BCUT2D eigenvalue weighted by Crippen LogP contribution is -2.33. The first kappa shape index (κ1) is 24.5. The number of hydrogen-bond acceptors (Lipinski definition) is 4. The van der Waals surface area contributed by atoms with Crippen LogP contribution in [0.2, 0.25) is 5.02 Å². The average Bonchev–Trinajstić information content (AvgIpc) is 2.81. The second-order valence-corrected chi connectivity index (χ2v) is 9.28. The molecule has 0 amide bonds. The molecular formula is C26H21ClFN4O2P. The fourth-order valence-electron chi connectivity index (χ4n) is 3.92. The van der Waals surface area contributed by atoms with E-state index in [0.29, 0.717) is 23.6 Å². The molecule has 1 aromatic heterocycles. The number of hydrogen-bond donors (Lipinski definition) is 1. The largest absolute Gasteiger partial charge is 0.349 e. The summed E-state index contributed by atoms with van der Waals surface area (Å²) in [4.78, 5) is 26.0. The van der Waals surface area contributed by atoms with E-state index >= 15 is 0 Å². The number of rotatable bonds is 6. The highest BCUT2D eigenvalue weighted by Gasteiger charge is 2.13. The standard InChI is InChI=1S/C26H21ClFN4O2P/c1-15-8-20(32-26(34)30-25(33)23(14-29)31-32)13-22(27)21(15)11-16-4-2-6-18(9-16)19-7-3-5-17(10-19)12-24(28)35/h2-10,13,24H,11-12,35H2,1H3,(H,30,33,34). The van der Waals surface area contributed by atoms with Gasteiger partial charge in [0.2, 0.25) is 5.69 Å². The zero-order chi connectivity index (χ0) is 25.1. The van der Waals surface area contributed by atoms with E-state index < -0.39 is 22.9 Å². The molecule has 3 aromatic carbocycles. The van der Waals surface area contributed by atoms with Crippen molar-refractivity contribution in [3.05, 3.63) is 114 Å². The van der Waals surface area contributed by atoms with E-state index in [1.54, 1.807) is 18.2 Å². The Labute approximate surface area is 208 Å². The Morgan fingerprint density at radius 1 is 1.11 bits per heavy atom. The van der Waals surface area contributed by atoms with Gasteiger partial charge in [-0.2, -0.15) is 9.94 Å². The van der Waals surface area contributed by atoms with E-state index in [1.165, 1.54) is 0 Å². The van der Waals surface area contributed by atoms with E-state index in [1.807, 2.05) is 49.4 Å². The van der Waals surface area contributed by atoms with Gasteiger partial charge in [0.1, 0.15) is 12.0 Å². The summed E-state index contributed by atoms with van der Waals surface area (Å²) in [5.41, 5.74) is 4.02. The maximum absolute atomic E-state index is 13.4. The third kappa shape index (κ3) is 5.57. The van der Waals surface area contributed by atoms with Crippen molar-refractivity contribution in [1.29, 1.82) is 5.26 Å². The number of nitrogens with one attached hydrogen (secondary N) is 1. The molecule has 176 valence electrons. The molecule has 2 unspecified atom stereocenters. The average molecular weight is 507 g/mol. The van der Waals surface area contributed by atoms with Gasteiger partial charge in [-0.25, -0.2) is 9.18 Å². The molecule has 4 aromatic rings. The number of aromatic amines is 1. The van der Waals surface area contributed by atoms with Crippen LogP contribution in [0, 0.1) is 18.3 Å². The minimum Gasteiger partial charge on any atom is -0.270 e. The van der Waals surface area contributed by atoms with Crippen LogP contribution in [0.25, 0.3) is 16.8 Å². The van der Waals surface area contributed by atoms with E-state index in [2.05, 4.69) is 25.4 Å². The molecule has 0 aliphatic carbocycles. The lowest BCUT2D eigenvalue weighted by atomic mass is 9.96. The minimum atomic E-state index is -0.988. The Morgan fingerprint density at radius 2 is 1.77 bits per heavy atom. The highest BCUT2D eigenvalue weighted by molar-refractivity contribution is 7.17. The van der Waals surface area contributed by atoms with Crippen LogP contribution in [0.15, 0.2) is 70.3 Å². The minimum absolute atomic E-state index is 0.336.